The minimum Gasteiger partial charge on any atom is -0.326 e. The standard InChI is InChI=1S/C23H19ClN4O4S/c1-13-10-19-21(31)28(18-5-3-4-15(24)11-18)23(32)27(22(19)33-13)12-20(30)26-17-8-6-16(7-9-17)25-14(2)29/h3-11H,12H2,1-2H3,(H,25,29)(H,26,30). The highest BCUT2D eigenvalue weighted by molar-refractivity contribution is 7.18. The minimum atomic E-state index is -0.632. The summed E-state index contributed by atoms with van der Waals surface area (Å²) >= 11 is 7.34. The third kappa shape index (κ3) is 4.74. The second kappa shape index (κ2) is 9.05. The van der Waals surface area contributed by atoms with Gasteiger partial charge in [-0.1, -0.05) is 17.7 Å². The molecule has 0 unspecified atom stereocenters. The number of hydrogen-bond acceptors (Lipinski definition) is 5. The smallest absolute Gasteiger partial charge is 0.326 e. The van der Waals surface area contributed by atoms with Gasteiger partial charge < -0.3 is 10.6 Å². The molecule has 2 aromatic heterocycles. The molecule has 0 saturated heterocycles. The molecule has 0 fully saturated rings. The Labute approximate surface area is 197 Å². The van der Waals surface area contributed by atoms with E-state index in [0.717, 1.165) is 9.44 Å². The summed E-state index contributed by atoms with van der Waals surface area (Å²) in [5.74, 6) is -0.635. The lowest BCUT2D eigenvalue weighted by Gasteiger charge is -2.13. The predicted molar refractivity (Wildman–Crippen MR) is 131 cm³/mol. The first-order valence-electron chi connectivity index (χ1n) is 9.92. The molecule has 2 amide bonds. The number of nitrogens with one attached hydrogen (secondary N) is 2. The topological polar surface area (TPSA) is 102 Å². The number of amides is 2. The first-order valence-corrected chi connectivity index (χ1v) is 11.1. The average Bonchev–Trinajstić information content (AvgIpc) is 3.14. The van der Waals surface area contributed by atoms with Crippen molar-refractivity contribution in [3.8, 4) is 5.69 Å². The summed E-state index contributed by atoms with van der Waals surface area (Å²) in [5, 5.41) is 6.12. The van der Waals surface area contributed by atoms with Crippen LogP contribution in [0.3, 0.4) is 0 Å². The zero-order chi connectivity index (χ0) is 23.7. The van der Waals surface area contributed by atoms with Crippen LogP contribution in [0.1, 0.15) is 11.8 Å². The molecule has 0 saturated carbocycles. The number of halogens is 1. The number of thiophene rings is 1. The quantitative estimate of drug-likeness (QED) is 0.452. The van der Waals surface area contributed by atoms with Gasteiger partial charge in [0, 0.05) is 28.2 Å². The minimum absolute atomic E-state index is 0.198. The number of fused-ring (bicyclic) bond motifs is 1. The van der Waals surface area contributed by atoms with Crippen molar-refractivity contribution in [1.82, 2.24) is 9.13 Å². The summed E-state index contributed by atoms with van der Waals surface area (Å²) in [7, 11) is 0. The monoisotopic (exact) mass is 482 g/mol. The average molecular weight is 483 g/mol. The van der Waals surface area contributed by atoms with E-state index in [1.165, 1.54) is 28.9 Å². The second-order valence-electron chi connectivity index (χ2n) is 7.37. The fraction of sp³-hybridized carbons (Fsp3) is 0.130. The highest BCUT2D eigenvalue weighted by atomic mass is 35.5. The summed E-state index contributed by atoms with van der Waals surface area (Å²) in [6.45, 7) is 2.95. The molecular weight excluding hydrogens is 464 g/mol. The maximum Gasteiger partial charge on any atom is 0.337 e. The van der Waals surface area contributed by atoms with Gasteiger partial charge in [0.05, 0.1) is 11.1 Å². The van der Waals surface area contributed by atoms with Crippen LogP contribution < -0.4 is 21.9 Å². The largest absolute Gasteiger partial charge is 0.337 e. The van der Waals surface area contributed by atoms with Gasteiger partial charge in [0.15, 0.2) is 0 Å². The van der Waals surface area contributed by atoms with Gasteiger partial charge in [-0.25, -0.2) is 9.36 Å². The van der Waals surface area contributed by atoms with Crippen molar-refractivity contribution >= 4 is 56.3 Å². The Balaban J connectivity index is 1.71. The Hall–Kier alpha value is -3.69. The fourth-order valence-electron chi connectivity index (χ4n) is 3.44. The maximum atomic E-state index is 13.3. The van der Waals surface area contributed by atoms with Crippen LogP contribution in [0.5, 0.6) is 0 Å². The van der Waals surface area contributed by atoms with Crippen LogP contribution in [-0.2, 0) is 16.1 Å². The lowest BCUT2D eigenvalue weighted by atomic mass is 10.2. The molecule has 0 aliphatic heterocycles. The number of aryl methyl sites for hydroxylation is 1. The number of carbonyl (C=O) groups excluding carboxylic acids is 2. The lowest BCUT2D eigenvalue weighted by Crippen LogP contribution is -2.40. The van der Waals surface area contributed by atoms with Crippen LogP contribution in [0.2, 0.25) is 5.02 Å². The van der Waals surface area contributed by atoms with Crippen molar-refractivity contribution in [2.24, 2.45) is 0 Å². The maximum absolute atomic E-state index is 13.3. The highest BCUT2D eigenvalue weighted by Gasteiger charge is 2.19. The van der Waals surface area contributed by atoms with E-state index in [-0.39, 0.29) is 12.5 Å². The predicted octanol–water partition coefficient (Wildman–Crippen LogP) is 3.77. The molecule has 168 valence electrons. The Kier molecular flexibility index (Phi) is 6.17. The van der Waals surface area contributed by atoms with E-state index in [1.807, 2.05) is 6.92 Å². The Morgan fingerprint density at radius 1 is 1.00 bits per heavy atom. The number of nitrogens with zero attached hydrogens (tertiary/aromatic N) is 2. The Bertz CT molecular complexity index is 1500. The van der Waals surface area contributed by atoms with E-state index in [4.69, 9.17) is 11.6 Å². The van der Waals surface area contributed by atoms with Crippen molar-refractivity contribution in [2.75, 3.05) is 10.6 Å². The lowest BCUT2D eigenvalue weighted by molar-refractivity contribution is -0.117. The van der Waals surface area contributed by atoms with E-state index in [2.05, 4.69) is 10.6 Å². The van der Waals surface area contributed by atoms with Gasteiger partial charge in [0.1, 0.15) is 11.4 Å². The third-order valence-electron chi connectivity index (χ3n) is 4.79. The van der Waals surface area contributed by atoms with Crippen molar-refractivity contribution in [3.63, 3.8) is 0 Å². The van der Waals surface area contributed by atoms with Crippen LogP contribution in [-0.4, -0.2) is 20.9 Å². The van der Waals surface area contributed by atoms with Gasteiger partial charge in [-0.05, 0) is 55.5 Å². The molecule has 0 aliphatic rings. The van der Waals surface area contributed by atoms with Gasteiger partial charge >= 0.3 is 5.69 Å². The van der Waals surface area contributed by atoms with E-state index in [9.17, 15) is 19.2 Å². The van der Waals surface area contributed by atoms with E-state index >= 15 is 0 Å². The fourth-order valence-corrected chi connectivity index (χ4v) is 4.61. The van der Waals surface area contributed by atoms with E-state index < -0.39 is 17.2 Å². The number of benzene rings is 2. The Morgan fingerprint density at radius 3 is 2.30 bits per heavy atom. The molecule has 0 atom stereocenters. The molecule has 2 N–H and O–H groups in total. The van der Waals surface area contributed by atoms with E-state index in [0.29, 0.717) is 32.3 Å². The highest BCUT2D eigenvalue weighted by Crippen LogP contribution is 2.22. The van der Waals surface area contributed by atoms with Gasteiger partial charge in [0.25, 0.3) is 5.56 Å². The zero-order valence-electron chi connectivity index (χ0n) is 17.7. The molecule has 0 spiro atoms. The molecule has 10 heteroatoms. The molecule has 0 radical (unpaired) electrons. The first-order chi connectivity index (χ1) is 15.7. The van der Waals surface area contributed by atoms with Gasteiger partial charge in [0.2, 0.25) is 11.8 Å². The summed E-state index contributed by atoms with van der Waals surface area (Å²) in [5.41, 5.74) is 0.329. The number of carbonyl (C=O) groups is 2. The molecule has 4 rings (SSSR count). The van der Waals surface area contributed by atoms with Crippen LogP contribution in [0.15, 0.2) is 64.2 Å². The van der Waals surface area contributed by atoms with E-state index in [1.54, 1.807) is 48.5 Å². The second-order valence-corrected chi connectivity index (χ2v) is 9.04. The van der Waals surface area contributed by atoms with Crippen LogP contribution >= 0.6 is 22.9 Å². The van der Waals surface area contributed by atoms with Crippen molar-refractivity contribution in [1.29, 1.82) is 0 Å². The summed E-state index contributed by atoms with van der Waals surface area (Å²) in [6, 6.07) is 14.7. The molecule has 8 nitrogen and oxygen atoms in total. The van der Waals surface area contributed by atoms with Crippen LogP contribution in [0, 0.1) is 6.92 Å². The van der Waals surface area contributed by atoms with Gasteiger partial charge in [-0.15, -0.1) is 11.3 Å². The normalized spacial score (nSPS) is 10.9. The molecule has 0 aliphatic carbocycles. The summed E-state index contributed by atoms with van der Waals surface area (Å²) in [4.78, 5) is 51.6. The molecule has 2 heterocycles. The van der Waals surface area contributed by atoms with Gasteiger partial charge in [-0.2, -0.15) is 0 Å². The van der Waals surface area contributed by atoms with Crippen molar-refractivity contribution in [2.45, 2.75) is 20.4 Å². The molecule has 33 heavy (non-hydrogen) atoms. The number of rotatable bonds is 5. The number of aromatic nitrogens is 2. The molecular formula is C23H19ClN4O4S. The number of anilines is 2. The first kappa shape index (κ1) is 22.5. The third-order valence-corrected chi connectivity index (χ3v) is 6.10. The van der Waals surface area contributed by atoms with Crippen LogP contribution in [0.25, 0.3) is 15.9 Å². The molecule has 0 bridgehead atoms. The SMILES string of the molecule is CC(=O)Nc1ccc(NC(=O)Cn2c(=O)n(-c3cccc(Cl)c3)c(=O)c3cc(C)sc32)cc1. The molecule has 2 aromatic carbocycles. The van der Waals surface area contributed by atoms with Crippen molar-refractivity contribution < 1.29 is 9.59 Å². The molecule has 4 aromatic rings. The summed E-state index contributed by atoms with van der Waals surface area (Å²) < 4.78 is 2.31. The Morgan fingerprint density at radius 2 is 1.67 bits per heavy atom. The summed E-state index contributed by atoms with van der Waals surface area (Å²) in [6.07, 6.45) is 0. The van der Waals surface area contributed by atoms with Crippen molar-refractivity contribution in [3.05, 3.63) is 85.3 Å². The van der Waals surface area contributed by atoms with Gasteiger partial charge in [-0.3, -0.25) is 19.0 Å². The van der Waals surface area contributed by atoms with Crippen LogP contribution in [0.4, 0.5) is 11.4 Å². The number of hydrogen-bond donors (Lipinski definition) is 2. The zero-order valence-corrected chi connectivity index (χ0v) is 19.3.